The Bertz CT molecular complexity index is 741. The second-order valence-electron chi connectivity index (χ2n) is 7.94. The number of esters is 4. The molecule has 13 heteroatoms. The van der Waals surface area contributed by atoms with Crippen LogP contribution in [0.2, 0.25) is 0 Å². The molecule has 0 aromatic carbocycles. The number of carbonyl (C=O) groups excluding carboxylic acids is 4. The largest absolute Gasteiger partial charge is 0.459 e. The summed E-state index contributed by atoms with van der Waals surface area (Å²) in [5, 5.41) is 0. The van der Waals surface area contributed by atoms with Crippen molar-refractivity contribution in [2.75, 3.05) is 33.1 Å². The molecule has 0 aliphatic carbocycles. The molecule has 0 rings (SSSR count). The summed E-state index contributed by atoms with van der Waals surface area (Å²) >= 11 is 0. The number of unbranched alkanes of at least 4 members (excludes halogenated alkanes) is 3. The first-order chi connectivity index (χ1) is 16.9. The van der Waals surface area contributed by atoms with E-state index in [-0.39, 0.29) is 26.0 Å². The van der Waals surface area contributed by atoms with E-state index in [9.17, 15) is 23.7 Å². The highest BCUT2D eigenvalue weighted by atomic mass is 31.2. The van der Waals surface area contributed by atoms with Crippen LogP contribution in [0.25, 0.3) is 0 Å². The van der Waals surface area contributed by atoms with Gasteiger partial charge in [0, 0.05) is 13.3 Å². The van der Waals surface area contributed by atoms with Crippen LogP contribution in [-0.2, 0) is 56.5 Å². The lowest BCUT2D eigenvalue weighted by molar-refractivity contribution is -0.176. The molecule has 0 N–H and O–H groups in total. The minimum Gasteiger partial charge on any atom is -0.459 e. The molecule has 0 saturated carbocycles. The molecule has 0 aliphatic heterocycles. The van der Waals surface area contributed by atoms with E-state index in [1.54, 1.807) is 6.92 Å². The molecule has 5 unspecified atom stereocenters. The molecule has 12 nitrogen and oxygen atoms in total. The van der Waals surface area contributed by atoms with Gasteiger partial charge in [0.15, 0.2) is 24.4 Å². The van der Waals surface area contributed by atoms with Crippen LogP contribution in [0.1, 0.15) is 67.2 Å². The highest BCUT2D eigenvalue weighted by molar-refractivity contribution is 7.53. The molecule has 0 saturated heterocycles. The summed E-state index contributed by atoms with van der Waals surface area (Å²) < 4.78 is 47.9. The zero-order valence-corrected chi connectivity index (χ0v) is 23.2. The average molecular weight is 541 g/mol. The third-order valence-corrected chi connectivity index (χ3v) is 6.82. The van der Waals surface area contributed by atoms with Crippen molar-refractivity contribution in [3.63, 3.8) is 0 Å². The quantitative estimate of drug-likeness (QED) is 0.102. The molecule has 0 aromatic rings. The number of ether oxygens (including phenoxy) is 5. The summed E-state index contributed by atoms with van der Waals surface area (Å²) in [5.74, 6) is -3.35. The Labute approximate surface area is 213 Å². The van der Waals surface area contributed by atoms with Crippen molar-refractivity contribution in [1.29, 1.82) is 0 Å². The zero-order chi connectivity index (χ0) is 27.7. The van der Waals surface area contributed by atoms with Gasteiger partial charge in [0.05, 0.1) is 6.61 Å². The van der Waals surface area contributed by atoms with E-state index >= 15 is 0 Å². The lowest BCUT2D eigenvalue weighted by Crippen LogP contribution is -2.33. The molecule has 0 fully saturated rings. The maximum Gasteiger partial charge on any atom is 0.347 e. The molecule has 0 amide bonds. The number of carbonyl (C=O) groups is 4. The molecule has 0 aromatic heterocycles. The van der Waals surface area contributed by atoms with E-state index in [2.05, 4.69) is 6.92 Å². The summed E-state index contributed by atoms with van der Waals surface area (Å²) in [6.07, 6.45) is -0.672. The van der Waals surface area contributed by atoms with Gasteiger partial charge in [-0.05, 0) is 34.1 Å². The second kappa shape index (κ2) is 18.3. The lowest BCUT2D eigenvalue weighted by Gasteiger charge is -2.21. The fourth-order valence-corrected chi connectivity index (χ4v) is 3.83. The minimum absolute atomic E-state index is 0.0813. The molecule has 0 heterocycles. The Balaban J connectivity index is 4.39. The van der Waals surface area contributed by atoms with Crippen LogP contribution in [0, 0.1) is 0 Å². The van der Waals surface area contributed by atoms with E-state index in [1.165, 1.54) is 34.8 Å². The van der Waals surface area contributed by atoms with E-state index in [4.69, 9.17) is 32.7 Å². The molecule has 0 bridgehead atoms. The van der Waals surface area contributed by atoms with Crippen LogP contribution in [0.4, 0.5) is 0 Å². The van der Waals surface area contributed by atoms with E-state index in [0.29, 0.717) is 0 Å². The van der Waals surface area contributed by atoms with Crippen molar-refractivity contribution in [3.8, 4) is 0 Å². The summed E-state index contributed by atoms with van der Waals surface area (Å²) in [6.45, 7) is 8.78. The number of rotatable bonds is 19. The van der Waals surface area contributed by atoms with Gasteiger partial charge in [-0.25, -0.2) is 19.2 Å². The Morgan fingerprint density at radius 2 is 1.17 bits per heavy atom. The fraction of sp³-hybridized carbons (Fsp3) is 0.826. The smallest absolute Gasteiger partial charge is 0.347 e. The first-order valence-corrected chi connectivity index (χ1v) is 13.8. The van der Waals surface area contributed by atoms with Crippen LogP contribution in [0.5, 0.6) is 0 Å². The summed E-state index contributed by atoms with van der Waals surface area (Å²) in [7, 11) is -2.16. The van der Waals surface area contributed by atoms with Crippen LogP contribution in [0.3, 0.4) is 0 Å². The number of methoxy groups -OCH3 is 1. The molecular formula is C23H41O12P. The molecule has 0 aliphatic rings. The van der Waals surface area contributed by atoms with Gasteiger partial charge >= 0.3 is 31.5 Å². The molecule has 210 valence electrons. The molecule has 5 atom stereocenters. The summed E-state index contributed by atoms with van der Waals surface area (Å²) in [6, 6.07) is 0. The summed E-state index contributed by atoms with van der Waals surface area (Å²) in [5.41, 5.74) is 0. The van der Waals surface area contributed by atoms with Gasteiger partial charge in [-0.1, -0.05) is 33.1 Å². The Kier molecular flexibility index (Phi) is 17.2. The van der Waals surface area contributed by atoms with Crippen LogP contribution in [0.15, 0.2) is 0 Å². The second-order valence-corrected chi connectivity index (χ2v) is 10.3. The van der Waals surface area contributed by atoms with Crippen molar-refractivity contribution >= 4 is 31.5 Å². The van der Waals surface area contributed by atoms with Crippen molar-refractivity contribution in [2.45, 2.75) is 91.6 Å². The fourth-order valence-electron chi connectivity index (χ4n) is 2.46. The topological polar surface area (TPSA) is 150 Å². The zero-order valence-electron chi connectivity index (χ0n) is 22.3. The Morgan fingerprint density at radius 1 is 0.667 bits per heavy atom. The molecule has 36 heavy (non-hydrogen) atoms. The van der Waals surface area contributed by atoms with Gasteiger partial charge in [0.25, 0.3) is 0 Å². The monoisotopic (exact) mass is 540 g/mol. The van der Waals surface area contributed by atoms with Crippen molar-refractivity contribution in [3.05, 3.63) is 0 Å². The van der Waals surface area contributed by atoms with E-state index < -0.39 is 55.9 Å². The first kappa shape index (κ1) is 34.0. The Hall–Kier alpha value is -2.01. The van der Waals surface area contributed by atoms with Crippen LogP contribution in [-0.4, -0.2) is 81.4 Å². The molecule has 0 radical (unpaired) electrons. The lowest BCUT2D eigenvalue weighted by atomic mass is 10.2. The first-order valence-electron chi connectivity index (χ1n) is 12.1. The SMILES string of the molecule is CCCCCCOP(=O)(CC)OC(C)C(=O)OC(C)C(=O)OCCOC(=O)C(C)OC(=O)C(C)OC. The highest BCUT2D eigenvalue weighted by Crippen LogP contribution is 2.49. The third-order valence-electron chi connectivity index (χ3n) is 4.83. The van der Waals surface area contributed by atoms with E-state index in [0.717, 1.165) is 25.7 Å². The predicted octanol–water partition coefficient (Wildman–Crippen LogP) is 3.19. The van der Waals surface area contributed by atoms with Crippen LogP contribution >= 0.6 is 7.60 Å². The van der Waals surface area contributed by atoms with Crippen molar-refractivity contribution < 1.29 is 56.5 Å². The number of hydrogen-bond donors (Lipinski definition) is 0. The maximum atomic E-state index is 12.7. The van der Waals surface area contributed by atoms with Gasteiger partial charge < -0.3 is 28.2 Å². The van der Waals surface area contributed by atoms with Crippen LogP contribution < -0.4 is 0 Å². The average Bonchev–Trinajstić information content (AvgIpc) is 2.85. The van der Waals surface area contributed by atoms with Gasteiger partial charge in [-0.3, -0.25) is 9.09 Å². The third kappa shape index (κ3) is 13.9. The van der Waals surface area contributed by atoms with Gasteiger partial charge in [0.1, 0.15) is 13.2 Å². The molecule has 0 spiro atoms. The molecular weight excluding hydrogens is 499 g/mol. The standard InChI is InChI=1S/C23H41O12P/c1-8-10-11-12-13-32-36(28,9-2)35-19(6)23(27)34-18(5)21(25)31-15-14-30-20(24)17(4)33-22(26)16(3)29-7/h16-19H,8-15H2,1-7H3. The highest BCUT2D eigenvalue weighted by Gasteiger charge is 2.31. The van der Waals surface area contributed by atoms with Crippen molar-refractivity contribution in [1.82, 2.24) is 0 Å². The van der Waals surface area contributed by atoms with Gasteiger partial charge in [0.2, 0.25) is 0 Å². The maximum absolute atomic E-state index is 12.7. The number of hydrogen-bond acceptors (Lipinski definition) is 12. The van der Waals surface area contributed by atoms with Gasteiger partial charge in [-0.2, -0.15) is 0 Å². The normalized spacial score (nSPS) is 16.1. The van der Waals surface area contributed by atoms with Gasteiger partial charge in [-0.15, -0.1) is 0 Å². The van der Waals surface area contributed by atoms with E-state index in [1.807, 2.05) is 0 Å². The minimum atomic E-state index is -3.49. The Morgan fingerprint density at radius 3 is 1.61 bits per heavy atom. The summed E-state index contributed by atoms with van der Waals surface area (Å²) in [4.78, 5) is 47.8. The van der Waals surface area contributed by atoms with Crippen molar-refractivity contribution in [2.24, 2.45) is 0 Å². The predicted molar refractivity (Wildman–Crippen MR) is 128 cm³/mol.